The highest BCUT2D eigenvalue weighted by Crippen LogP contribution is 2.44. The minimum atomic E-state index is -0.856. The Kier molecular flexibility index (Phi) is 5.65. The van der Waals surface area contributed by atoms with E-state index in [1.165, 1.54) is 18.4 Å². The number of hydrogen-bond acceptors (Lipinski definition) is 5. The Morgan fingerprint density at radius 2 is 1.85 bits per heavy atom. The van der Waals surface area contributed by atoms with Gasteiger partial charge < -0.3 is 15.2 Å². The molecule has 142 valence electrons. The lowest BCUT2D eigenvalue weighted by Gasteiger charge is -2.35. The molecule has 7 heteroatoms. The first-order valence-corrected chi connectivity index (χ1v) is 10.0. The van der Waals surface area contributed by atoms with Crippen LogP contribution in [-0.4, -0.2) is 30.1 Å². The van der Waals surface area contributed by atoms with E-state index in [1.807, 2.05) is 0 Å². The molecule has 2 aliphatic carbocycles. The van der Waals surface area contributed by atoms with Crippen LogP contribution in [0.2, 0.25) is 0 Å². The van der Waals surface area contributed by atoms with Crippen LogP contribution in [0.5, 0.6) is 0 Å². The number of fused-ring (bicyclic) bond motifs is 1. The molecule has 0 spiro atoms. The van der Waals surface area contributed by atoms with Crippen molar-refractivity contribution in [2.45, 2.75) is 64.2 Å². The summed E-state index contributed by atoms with van der Waals surface area (Å²) in [4.78, 5) is 37.3. The van der Waals surface area contributed by atoms with Crippen LogP contribution >= 0.6 is 11.3 Å². The van der Waals surface area contributed by atoms with E-state index in [4.69, 9.17) is 4.74 Å². The highest BCUT2D eigenvalue weighted by Gasteiger charge is 2.37. The first-order chi connectivity index (χ1) is 12.4. The fourth-order valence-corrected chi connectivity index (χ4v) is 5.65. The maximum Gasteiger partial charge on any atom is 0.341 e. The molecule has 1 aromatic rings. The number of ether oxygens (including phenoxy) is 1. The smallest absolute Gasteiger partial charge is 0.341 e. The Balaban J connectivity index is 1.77. The van der Waals surface area contributed by atoms with Crippen LogP contribution in [0.4, 0.5) is 5.00 Å². The molecule has 0 aliphatic heterocycles. The van der Waals surface area contributed by atoms with Crippen LogP contribution in [0, 0.1) is 5.41 Å². The lowest BCUT2D eigenvalue weighted by Crippen LogP contribution is -2.32. The van der Waals surface area contributed by atoms with Gasteiger partial charge in [-0.05, 0) is 43.1 Å². The molecular formula is C19H25NO5S. The molecule has 2 aliphatic rings. The van der Waals surface area contributed by atoms with Crippen LogP contribution < -0.4 is 5.32 Å². The predicted octanol–water partition coefficient (Wildman–Crippen LogP) is 3.78. The zero-order valence-corrected chi connectivity index (χ0v) is 15.9. The van der Waals surface area contributed by atoms with Crippen molar-refractivity contribution >= 4 is 34.2 Å². The van der Waals surface area contributed by atoms with Gasteiger partial charge in [-0.25, -0.2) is 4.79 Å². The maximum absolute atomic E-state index is 12.7. The summed E-state index contributed by atoms with van der Waals surface area (Å²) in [5, 5.41) is 12.7. The number of anilines is 1. The van der Waals surface area contributed by atoms with Crippen molar-refractivity contribution in [3.63, 3.8) is 0 Å². The Hall–Kier alpha value is -1.89. The van der Waals surface area contributed by atoms with Gasteiger partial charge in [0.25, 0.3) is 0 Å². The first-order valence-electron chi connectivity index (χ1n) is 9.19. The second-order valence-corrected chi connectivity index (χ2v) is 8.51. The molecular weight excluding hydrogens is 354 g/mol. The van der Waals surface area contributed by atoms with Crippen LogP contribution in [0.15, 0.2) is 0 Å². The van der Waals surface area contributed by atoms with Crippen LogP contribution in [0.1, 0.15) is 72.2 Å². The molecule has 0 bridgehead atoms. The van der Waals surface area contributed by atoms with Gasteiger partial charge in [-0.2, -0.15) is 0 Å². The second kappa shape index (κ2) is 7.78. The largest absolute Gasteiger partial charge is 0.481 e. The summed E-state index contributed by atoms with van der Waals surface area (Å²) in [6, 6.07) is 0. The SMILES string of the molecule is COC(=O)c1c(NC(=O)CC2(CC(=O)O)CCCCC2)sc2c1CCC2. The van der Waals surface area contributed by atoms with Crippen LogP contribution in [0.25, 0.3) is 0 Å². The normalized spacial score (nSPS) is 18.2. The molecule has 0 radical (unpaired) electrons. The number of carbonyl (C=O) groups excluding carboxylic acids is 2. The quantitative estimate of drug-likeness (QED) is 0.734. The van der Waals surface area contributed by atoms with Crippen molar-refractivity contribution in [1.29, 1.82) is 0 Å². The molecule has 0 unspecified atom stereocenters. The number of carbonyl (C=O) groups is 3. The third-order valence-electron chi connectivity index (χ3n) is 5.54. The van der Waals surface area contributed by atoms with Gasteiger partial charge >= 0.3 is 11.9 Å². The van der Waals surface area contributed by atoms with Gasteiger partial charge in [-0.15, -0.1) is 11.3 Å². The molecule has 1 saturated carbocycles. The van der Waals surface area contributed by atoms with E-state index in [0.29, 0.717) is 10.6 Å². The van der Waals surface area contributed by atoms with Gasteiger partial charge in [0, 0.05) is 11.3 Å². The molecule has 1 heterocycles. The highest BCUT2D eigenvalue weighted by molar-refractivity contribution is 7.17. The third kappa shape index (κ3) is 3.92. The molecule has 0 atom stereocenters. The Morgan fingerprint density at radius 1 is 1.12 bits per heavy atom. The number of rotatable bonds is 6. The van der Waals surface area contributed by atoms with Gasteiger partial charge in [0.2, 0.25) is 5.91 Å². The number of aliphatic carboxylic acids is 1. The van der Waals surface area contributed by atoms with E-state index in [-0.39, 0.29) is 18.7 Å². The number of nitrogens with one attached hydrogen (secondary N) is 1. The minimum Gasteiger partial charge on any atom is -0.481 e. The number of thiophene rings is 1. The summed E-state index contributed by atoms with van der Waals surface area (Å²) in [5.41, 5.74) is 1.00. The van der Waals surface area contributed by atoms with Crippen LogP contribution in [0.3, 0.4) is 0 Å². The Bertz CT molecular complexity index is 718. The van der Waals surface area contributed by atoms with Gasteiger partial charge in [0.15, 0.2) is 0 Å². The zero-order chi connectivity index (χ0) is 18.7. The van der Waals surface area contributed by atoms with E-state index in [9.17, 15) is 19.5 Å². The van der Waals surface area contributed by atoms with Crippen molar-refractivity contribution in [3.8, 4) is 0 Å². The summed E-state index contributed by atoms with van der Waals surface area (Å²) < 4.78 is 4.90. The number of methoxy groups -OCH3 is 1. The number of amides is 1. The summed E-state index contributed by atoms with van der Waals surface area (Å²) >= 11 is 1.45. The lowest BCUT2D eigenvalue weighted by molar-refractivity contribution is -0.140. The summed E-state index contributed by atoms with van der Waals surface area (Å²) in [7, 11) is 1.34. The number of hydrogen-bond donors (Lipinski definition) is 2. The van der Waals surface area contributed by atoms with Crippen molar-refractivity contribution in [1.82, 2.24) is 0 Å². The molecule has 6 nitrogen and oxygen atoms in total. The predicted molar refractivity (Wildman–Crippen MR) is 98.7 cm³/mol. The van der Waals surface area contributed by atoms with Crippen LogP contribution in [-0.2, 0) is 27.2 Å². The Morgan fingerprint density at radius 3 is 2.50 bits per heavy atom. The molecule has 1 amide bonds. The number of aryl methyl sites for hydroxylation is 1. The average molecular weight is 379 g/mol. The van der Waals surface area contributed by atoms with Crippen molar-refractivity contribution in [2.75, 3.05) is 12.4 Å². The third-order valence-corrected chi connectivity index (χ3v) is 6.75. The van der Waals surface area contributed by atoms with Gasteiger partial charge in [0.05, 0.1) is 19.1 Å². The molecule has 0 aromatic carbocycles. The molecule has 3 rings (SSSR count). The summed E-state index contributed by atoms with van der Waals surface area (Å²) in [6.45, 7) is 0. The van der Waals surface area contributed by atoms with E-state index < -0.39 is 17.4 Å². The zero-order valence-electron chi connectivity index (χ0n) is 15.1. The maximum atomic E-state index is 12.7. The lowest BCUT2D eigenvalue weighted by atomic mass is 9.69. The number of carboxylic acid groups (broad SMARTS) is 1. The fourth-order valence-electron chi connectivity index (χ4n) is 4.36. The second-order valence-electron chi connectivity index (χ2n) is 7.41. The van der Waals surface area contributed by atoms with E-state index in [2.05, 4.69) is 5.32 Å². The molecule has 1 fully saturated rings. The highest BCUT2D eigenvalue weighted by atomic mass is 32.1. The minimum absolute atomic E-state index is 0.0191. The molecule has 26 heavy (non-hydrogen) atoms. The molecule has 1 aromatic heterocycles. The average Bonchev–Trinajstić information content (AvgIpc) is 3.14. The monoisotopic (exact) mass is 379 g/mol. The van der Waals surface area contributed by atoms with Crippen molar-refractivity contribution in [3.05, 3.63) is 16.0 Å². The summed E-state index contributed by atoms with van der Waals surface area (Å²) in [6.07, 6.45) is 7.50. The fraction of sp³-hybridized carbons (Fsp3) is 0.632. The molecule has 2 N–H and O–H groups in total. The van der Waals surface area contributed by atoms with Crippen molar-refractivity contribution in [2.24, 2.45) is 5.41 Å². The summed E-state index contributed by atoms with van der Waals surface area (Å²) in [5.74, 6) is -1.49. The van der Waals surface area contributed by atoms with Gasteiger partial charge in [-0.3, -0.25) is 9.59 Å². The van der Waals surface area contributed by atoms with Gasteiger partial charge in [-0.1, -0.05) is 19.3 Å². The standard InChI is InChI=1S/C19H25NO5S/c1-25-18(24)16-12-6-5-7-13(12)26-17(16)20-14(21)10-19(11-15(22)23)8-3-2-4-9-19/h2-11H2,1H3,(H,20,21)(H,22,23). The Labute approximate surface area is 156 Å². The van der Waals surface area contributed by atoms with Gasteiger partial charge in [0.1, 0.15) is 5.00 Å². The number of esters is 1. The first kappa shape index (κ1) is 18.9. The van der Waals surface area contributed by atoms with E-state index >= 15 is 0 Å². The van der Waals surface area contributed by atoms with Crippen molar-refractivity contribution < 1.29 is 24.2 Å². The number of carboxylic acids is 1. The topological polar surface area (TPSA) is 92.7 Å². The van der Waals surface area contributed by atoms with E-state index in [0.717, 1.165) is 61.8 Å². The molecule has 0 saturated heterocycles. The van der Waals surface area contributed by atoms with E-state index in [1.54, 1.807) is 0 Å².